The number of sulfonamides is 1. The number of rotatable bonds is 5. The predicted molar refractivity (Wildman–Crippen MR) is 109 cm³/mol. The van der Waals surface area contributed by atoms with Gasteiger partial charge in [-0.25, -0.2) is 13.4 Å². The molecule has 4 aromatic rings. The first-order chi connectivity index (χ1) is 13.1. The van der Waals surface area contributed by atoms with Crippen LogP contribution in [0.2, 0.25) is 0 Å². The third kappa shape index (κ3) is 3.91. The van der Waals surface area contributed by atoms with E-state index in [1.165, 1.54) is 5.41 Å². The van der Waals surface area contributed by atoms with Crippen molar-refractivity contribution < 1.29 is 8.42 Å². The van der Waals surface area contributed by atoms with E-state index in [2.05, 4.69) is 9.71 Å². The molecule has 0 spiro atoms. The number of hydrogen-bond donors (Lipinski definition) is 1. The van der Waals surface area contributed by atoms with Crippen LogP contribution in [0, 0.1) is 0 Å². The Balaban J connectivity index is 1.66. The Bertz CT molecular complexity index is 1180. The fourth-order valence-corrected chi connectivity index (χ4v) is 3.67. The van der Waals surface area contributed by atoms with Gasteiger partial charge in [0.05, 0.1) is 16.8 Å². The number of nitrogens with one attached hydrogen (secondary N) is 1. The fourth-order valence-electron chi connectivity index (χ4n) is 2.78. The van der Waals surface area contributed by atoms with Gasteiger partial charge in [-0.2, -0.15) is 0 Å². The molecule has 0 atom stereocenters. The minimum atomic E-state index is -3.66. The first-order valence-electron chi connectivity index (χ1n) is 8.40. The first-order valence-corrected chi connectivity index (χ1v) is 9.94. The van der Waals surface area contributed by atoms with Gasteiger partial charge in [0.1, 0.15) is 5.65 Å². The molecule has 0 saturated heterocycles. The molecule has 1 N–H and O–H groups in total. The lowest BCUT2D eigenvalue weighted by atomic mass is 10.1. The van der Waals surface area contributed by atoms with Crippen LogP contribution in [0.15, 0.2) is 90.6 Å². The van der Waals surface area contributed by atoms with Crippen LogP contribution >= 0.6 is 0 Å². The van der Waals surface area contributed by atoms with Crippen molar-refractivity contribution in [1.29, 1.82) is 0 Å². The maximum atomic E-state index is 12.5. The summed E-state index contributed by atoms with van der Waals surface area (Å²) in [5.74, 6) is 0. The molecule has 2 aromatic heterocycles. The molecule has 2 aromatic carbocycles. The van der Waals surface area contributed by atoms with Crippen LogP contribution in [0.1, 0.15) is 5.56 Å². The predicted octanol–water partition coefficient (Wildman–Crippen LogP) is 4.41. The van der Waals surface area contributed by atoms with Gasteiger partial charge in [-0.15, -0.1) is 0 Å². The van der Waals surface area contributed by atoms with E-state index in [0.29, 0.717) is 11.4 Å². The largest absolute Gasteiger partial charge is 0.306 e. The molecule has 0 amide bonds. The summed E-state index contributed by atoms with van der Waals surface area (Å²) in [6, 6.07) is 22.2. The van der Waals surface area contributed by atoms with Crippen molar-refractivity contribution in [3.63, 3.8) is 0 Å². The highest BCUT2D eigenvalue weighted by Crippen LogP contribution is 2.28. The average molecular weight is 375 g/mol. The van der Waals surface area contributed by atoms with E-state index < -0.39 is 10.0 Å². The molecule has 5 nitrogen and oxygen atoms in total. The number of nitrogens with zero attached hydrogens (tertiary/aromatic N) is 2. The Hall–Kier alpha value is -3.38. The molecule has 0 aliphatic heterocycles. The van der Waals surface area contributed by atoms with Crippen molar-refractivity contribution >= 4 is 27.4 Å². The number of aromatic nitrogens is 2. The molecule has 0 aliphatic carbocycles. The van der Waals surface area contributed by atoms with E-state index in [1.54, 1.807) is 18.2 Å². The second-order valence-corrected chi connectivity index (χ2v) is 7.56. The Kier molecular flexibility index (Phi) is 4.48. The molecule has 134 valence electrons. The highest BCUT2D eigenvalue weighted by atomic mass is 32.2. The number of benzene rings is 2. The lowest BCUT2D eigenvalue weighted by Crippen LogP contribution is -2.09. The maximum Gasteiger partial charge on any atom is 0.255 e. The van der Waals surface area contributed by atoms with Gasteiger partial charge in [0.2, 0.25) is 0 Å². The molecular weight excluding hydrogens is 358 g/mol. The SMILES string of the molecule is O=S(=O)(/C=C/c1ccccc1)Nc1ccccc1-c1cn2ccccc2n1. The fraction of sp³-hybridized carbons (Fsp3) is 0. The second-order valence-electron chi connectivity index (χ2n) is 6.00. The summed E-state index contributed by atoms with van der Waals surface area (Å²) in [5, 5.41) is 1.17. The van der Waals surface area contributed by atoms with E-state index in [9.17, 15) is 8.42 Å². The van der Waals surface area contributed by atoms with Crippen molar-refractivity contribution in [1.82, 2.24) is 9.38 Å². The zero-order valence-corrected chi connectivity index (χ0v) is 15.2. The topological polar surface area (TPSA) is 63.5 Å². The third-order valence-corrected chi connectivity index (χ3v) is 5.06. The van der Waals surface area contributed by atoms with Gasteiger partial charge in [-0.3, -0.25) is 4.72 Å². The molecule has 0 fully saturated rings. The van der Waals surface area contributed by atoms with Gasteiger partial charge in [-0.05, 0) is 29.8 Å². The first kappa shape index (κ1) is 17.1. The minimum absolute atomic E-state index is 0.485. The van der Waals surface area contributed by atoms with Gasteiger partial charge in [0.25, 0.3) is 10.0 Å². The van der Waals surface area contributed by atoms with Gasteiger partial charge < -0.3 is 4.40 Å². The molecule has 0 bridgehead atoms. The summed E-state index contributed by atoms with van der Waals surface area (Å²) in [5.41, 5.74) is 3.52. The van der Waals surface area contributed by atoms with Crippen molar-refractivity contribution in [2.24, 2.45) is 0 Å². The van der Waals surface area contributed by atoms with Gasteiger partial charge in [-0.1, -0.05) is 54.6 Å². The van der Waals surface area contributed by atoms with E-state index in [0.717, 1.165) is 16.8 Å². The molecule has 4 rings (SSSR count). The number of para-hydroxylation sites is 1. The number of hydrogen-bond acceptors (Lipinski definition) is 3. The normalized spacial score (nSPS) is 11.9. The molecule has 0 unspecified atom stereocenters. The van der Waals surface area contributed by atoms with Gasteiger partial charge >= 0.3 is 0 Å². The standard InChI is InChI=1S/C21H17N3O2S/c25-27(26,15-13-17-8-2-1-3-9-17)23-19-11-5-4-10-18(19)20-16-24-14-7-6-12-21(24)22-20/h1-16,23H/b15-13+. The summed E-state index contributed by atoms with van der Waals surface area (Å²) < 4.78 is 29.5. The molecule has 27 heavy (non-hydrogen) atoms. The molecule has 6 heteroatoms. The number of pyridine rings is 1. The Morgan fingerprint density at radius 2 is 1.63 bits per heavy atom. The summed E-state index contributed by atoms with van der Waals surface area (Å²) in [4.78, 5) is 4.58. The van der Waals surface area contributed by atoms with Crippen LogP contribution < -0.4 is 4.72 Å². The van der Waals surface area contributed by atoms with E-state index in [-0.39, 0.29) is 0 Å². The van der Waals surface area contributed by atoms with Crippen LogP contribution in [0.4, 0.5) is 5.69 Å². The van der Waals surface area contributed by atoms with Crippen molar-refractivity contribution in [3.05, 3.63) is 96.2 Å². The second kappa shape index (κ2) is 7.09. The van der Waals surface area contributed by atoms with Crippen molar-refractivity contribution in [2.75, 3.05) is 4.72 Å². The molecule has 0 aliphatic rings. The molecule has 2 heterocycles. The maximum absolute atomic E-state index is 12.5. The van der Waals surface area contributed by atoms with Crippen LogP contribution in [0.5, 0.6) is 0 Å². The molecular formula is C21H17N3O2S. The quantitative estimate of drug-likeness (QED) is 0.562. The number of fused-ring (bicyclic) bond motifs is 1. The van der Waals surface area contributed by atoms with Crippen molar-refractivity contribution in [3.8, 4) is 11.3 Å². The van der Waals surface area contributed by atoms with E-state index in [1.807, 2.05) is 77.5 Å². The summed E-state index contributed by atoms with van der Waals surface area (Å²) in [7, 11) is -3.66. The highest BCUT2D eigenvalue weighted by Gasteiger charge is 2.13. The van der Waals surface area contributed by atoms with Crippen LogP contribution in [0.25, 0.3) is 23.0 Å². The van der Waals surface area contributed by atoms with E-state index in [4.69, 9.17) is 0 Å². The van der Waals surface area contributed by atoms with Crippen molar-refractivity contribution in [2.45, 2.75) is 0 Å². The van der Waals surface area contributed by atoms with Crippen LogP contribution in [0.3, 0.4) is 0 Å². The van der Waals surface area contributed by atoms with Gasteiger partial charge in [0, 0.05) is 18.0 Å². The van der Waals surface area contributed by atoms with E-state index >= 15 is 0 Å². The summed E-state index contributed by atoms with van der Waals surface area (Å²) in [6.07, 6.45) is 5.35. The van der Waals surface area contributed by atoms with Gasteiger partial charge in [0.15, 0.2) is 0 Å². The Morgan fingerprint density at radius 3 is 2.44 bits per heavy atom. The van der Waals surface area contributed by atoms with Crippen LogP contribution in [-0.4, -0.2) is 17.8 Å². The molecule has 0 saturated carbocycles. The molecule has 0 radical (unpaired) electrons. The van der Waals surface area contributed by atoms with Crippen LogP contribution in [-0.2, 0) is 10.0 Å². The zero-order valence-electron chi connectivity index (χ0n) is 14.4. The Morgan fingerprint density at radius 1 is 0.889 bits per heavy atom. The average Bonchev–Trinajstić information content (AvgIpc) is 3.11. The highest BCUT2D eigenvalue weighted by molar-refractivity contribution is 7.95. The monoisotopic (exact) mass is 375 g/mol. The number of imidazole rings is 1. The summed E-state index contributed by atoms with van der Waals surface area (Å²) in [6.45, 7) is 0. The minimum Gasteiger partial charge on any atom is -0.306 e. The lowest BCUT2D eigenvalue weighted by Gasteiger charge is -2.09. The number of anilines is 1. The lowest BCUT2D eigenvalue weighted by molar-refractivity contribution is 0.609. The zero-order chi connectivity index (χ0) is 18.7. The smallest absolute Gasteiger partial charge is 0.255 e. The summed E-state index contributed by atoms with van der Waals surface area (Å²) >= 11 is 0. The Labute approximate surface area is 157 Å². The third-order valence-electron chi connectivity index (χ3n) is 4.06.